The van der Waals surface area contributed by atoms with Crippen LogP contribution in [-0.2, 0) is 16.1 Å². The Balaban J connectivity index is 1.54. The van der Waals surface area contributed by atoms with Gasteiger partial charge in [-0.2, -0.15) is 0 Å². The summed E-state index contributed by atoms with van der Waals surface area (Å²) in [6.45, 7) is 6.02. The number of carbonyl (C=O) groups excluding carboxylic acids is 1. The number of nitrogens with zero attached hydrogens (tertiary/aromatic N) is 2. The van der Waals surface area contributed by atoms with Gasteiger partial charge < -0.3 is 14.1 Å². The molecule has 5 heteroatoms. The summed E-state index contributed by atoms with van der Waals surface area (Å²) in [7, 11) is 0. The van der Waals surface area contributed by atoms with Gasteiger partial charge >= 0.3 is 0 Å². The molecule has 0 unspecified atom stereocenters. The number of hydrogen-bond acceptors (Lipinski definition) is 4. The molecule has 1 amide bonds. The Hall–Kier alpha value is -2.14. The van der Waals surface area contributed by atoms with Gasteiger partial charge in [0.1, 0.15) is 18.1 Å². The van der Waals surface area contributed by atoms with Crippen LogP contribution in [0.2, 0.25) is 0 Å². The van der Waals surface area contributed by atoms with Gasteiger partial charge in [0.05, 0.1) is 6.61 Å². The van der Waals surface area contributed by atoms with Crippen molar-refractivity contribution >= 4 is 5.91 Å². The highest BCUT2D eigenvalue weighted by Gasteiger charge is 2.17. The summed E-state index contributed by atoms with van der Waals surface area (Å²) >= 11 is 0. The number of likely N-dealkylation sites (tertiary alicyclic amines) is 1. The molecule has 1 aromatic carbocycles. The van der Waals surface area contributed by atoms with Gasteiger partial charge in [-0.05, 0) is 38.8 Å². The Morgan fingerprint density at radius 3 is 2.48 bits per heavy atom. The summed E-state index contributed by atoms with van der Waals surface area (Å²) in [5.74, 6) is 1.40. The fourth-order valence-corrected chi connectivity index (χ4v) is 3.03. The van der Waals surface area contributed by atoms with E-state index in [0.29, 0.717) is 12.5 Å². The lowest BCUT2D eigenvalue weighted by Crippen LogP contribution is -2.34. The van der Waals surface area contributed by atoms with Crippen LogP contribution in [-0.4, -0.2) is 35.5 Å². The van der Waals surface area contributed by atoms with Gasteiger partial charge in [-0.15, -0.1) is 0 Å². The molecule has 0 spiro atoms. The first-order valence-electron chi connectivity index (χ1n) is 9.02. The molecule has 0 aliphatic carbocycles. The van der Waals surface area contributed by atoms with Gasteiger partial charge in [-0.3, -0.25) is 4.79 Å². The number of amides is 1. The Kier molecular flexibility index (Phi) is 5.87. The molecule has 3 rings (SSSR count). The zero-order valence-electron chi connectivity index (χ0n) is 15.1. The molecule has 0 N–H and O–H groups in total. The fraction of sp³-hybridized carbons (Fsp3) is 0.500. The largest absolute Gasteiger partial charge is 0.441 e. The molecule has 2 aromatic rings. The zero-order chi connectivity index (χ0) is 17.6. The third kappa shape index (κ3) is 4.69. The van der Waals surface area contributed by atoms with E-state index in [1.807, 2.05) is 43.0 Å². The van der Waals surface area contributed by atoms with Crippen LogP contribution in [0.15, 0.2) is 28.7 Å². The molecule has 1 fully saturated rings. The van der Waals surface area contributed by atoms with Crippen LogP contribution < -0.4 is 0 Å². The first kappa shape index (κ1) is 17.7. The Labute approximate surface area is 149 Å². The quantitative estimate of drug-likeness (QED) is 0.827. The molecule has 1 saturated heterocycles. The lowest BCUT2D eigenvalue weighted by Gasteiger charge is -2.19. The Bertz CT molecular complexity index is 698. The van der Waals surface area contributed by atoms with E-state index in [4.69, 9.17) is 9.15 Å². The number of aryl methyl sites for hydroxylation is 2. The van der Waals surface area contributed by atoms with Crippen molar-refractivity contribution in [2.45, 2.75) is 46.1 Å². The second-order valence-corrected chi connectivity index (χ2v) is 6.68. The van der Waals surface area contributed by atoms with Crippen molar-refractivity contribution in [1.82, 2.24) is 9.88 Å². The second kappa shape index (κ2) is 8.30. The van der Waals surface area contributed by atoms with E-state index in [0.717, 1.165) is 42.9 Å². The average Bonchev–Trinajstić information content (AvgIpc) is 2.82. The highest BCUT2D eigenvalue weighted by atomic mass is 16.5. The predicted octanol–water partition coefficient (Wildman–Crippen LogP) is 3.88. The number of rotatable bonds is 5. The van der Waals surface area contributed by atoms with E-state index in [1.54, 1.807) is 0 Å². The molecule has 2 heterocycles. The normalized spacial score (nSPS) is 15.2. The third-order valence-electron chi connectivity index (χ3n) is 4.61. The maximum absolute atomic E-state index is 12.2. The van der Waals surface area contributed by atoms with Crippen molar-refractivity contribution in [2.24, 2.45) is 0 Å². The number of aromatic nitrogens is 1. The molecule has 25 heavy (non-hydrogen) atoms. The van der Waals surface area contributed by atoms with Gasteiger partial charge in [0.2, 0.25) is 11.8 Å². The van der Waals surface area contributed by atoms with Crippen LogP contribution in [0.3, 0.4) is 0 Å². The molecule has 0 saturated carbocycles. The summed E-state index contributed by atoms with van der Waals surface area (Å²) in [6, 6.07) is 8.05. The first-order chi connectivity index (χ1) is 12.1. The highest BCUT2D eigenvalue weighted by molar-refractivity contribution is 5.77. The van der Waals surface area contributed by atoms with Crippen LogP contribution in [0, 0.1) is 13.8 Å². The van der Waals surface area contributed by atoms with Crippen LogP contribution in [0.4, 0.5) is 0 Å². The van der Waals surface area contributed by atoms with Crippen molar-refractivity contribution in [1.29, 1.82) is 0 Å². The van der Waals surface area contributed by atoms with Gasteiger partial charge in [-0.1, -0.05) is 30.5 Å². The fourth-order valence-electron chi connectivity index (χ4n) is 3.03. The molecule has 1 aliphatic rings. The van der Waals surface area contributed by atoms with Gasteiger partial charge in [0, 0.05) is 18.7 Å². The van der Waals surface area contributed by atoms with Crippen LogP contribution >= 0.6 is 0 Å². The lowest BCUT2D eigenvalue weighted by atomic mass is 10.1. The van der Waals surface area contributed by atoms with Gasteiger partial charge in [0.15, 0.2) is 0 Å². The number of ether oxygens (including phenoxy) is 1. The second-order valence-electron chi connectivity index (χ2n) is 6.68. The summed E-state index contributed by atoms with van der Waals surface area (Å²) in [5.41, 5.74) is 2.89. The molecule has 5 nitrogen and oxygen atoms in total. The number of hydrogen-bond donors (Lipinski definition) is 0. The minimum Gasteiger partial charge on any atom is -0.441 e. The van der Waals surface area contributed by atoms with Crippen LogP contribution in [0.5, 0.6) is 0 Å². The van der Waals surface area contributed by atoms with E-state index in [2.05, 4.69) is 4.98 Å². The molecular weight excluding hydrogens is 316 g/mol. The standard InChI is InChI=1S/C20H26N2O3/c1-15-7-9-17(10-8-15)20-21-18(16(2)25-20)13-24-14-19(23)22-11-5-3-4-6-12-22/h7-10H,3-6,11-14H2,1-2H3. The number of oxazole rings is 1. The summed E-state index contributed by atoms with van der Waals surface area (Å²) in [5, 5.41) is 0. The van der Waals surface area contributed by atoms with Crippen molar-refractivity contribution in [3.8, 4) is 11.5 Å². The van der Waals surface area contributed by atoms with Crippen LogP contribution in [0.25, 0.3) is 11.5 Å². The maximum atomic E-state index is 12.2. The van der Waals surface area contributed by atoms with E-state index < -0.39 is 0 Å². The summed E-state index contributed by atoms with van der Waals surface area (Å²) in [4.78, 5) is 18.7. The molecular formula is C20H26N2O3. The Morgan fingerprint density at radius 1 is 1.12 bits per heavy atom. The topological polar surface area (TPSA) is 55.6 Å². The number of benzene rings is 1. The average molecular weight is 342 g/mol. The van der Waals surface area contributed by atoms with E-state index in [1.165, 1.54) is 18.4 Å². The Morgan fingerprint density at radius 2 is 1.80 bits per heavy atom. The van der Waals surface area contributed by atoms with Crippen LogP contribution in [0.1, 0.15) is 42.7 Å². The maximum Gasteiger partial charge on any atom is 0.248 e. The van der Waals surface area contributed by atoms with Crippen molar-refractivity contribution in [3.63, 3.8) is 0 Å². The zero-order valence-corrected chi connectivity index (χ0v) is 15.1. The minimum atomic E-state index is 0.0711. The molecule has 134 valence electrons. The molecule has 0 radical (unpaired) electrons. The van der Waals surface area contributed by atoms with E-state index in [-0.39, 0.29) is 12.5 Å². The first-order valence-corrected chi connectivity index (χ1v) is 9.02. The summed E-state index contributed by atoms with van der Waals surface area (Å²) < 4.78 is 11.4. The van der Waals surface area contributed by atoms with Crippen molar-refractivity contribution in [2.75, 3.05) is 19.7 Å². The molecule has 0 atom stereocenters. The van der Waals surface area contributed by atoms with E-state index >= 15 is 0 Å². The predicted molar refractivity (Wildman–Crippen MR) is 96.1 cm³/mol. The smallest absolute Gasteiger partial charge is 0.248 e. The highest BCUT2D eigenvalue weighted by Crippen LogP contribution is 2.22. The SMILES string of the molecule is Cc1ccc(-c2nc(COCC(=O)N3CCCCCC3)c(C)o2)cc1. The third-order valence-corrected chi connectivity index (χ3v) is 4.61. The monoisotopic (exact) mass is 342 g/mol. The lowest BCUT2D eigenvalue weighted by molar-refractivity contribution is -0.136. The van der Waals surface area contributed by atoms with Gasteiger partial charge in [-0.25, -0.2) is 4.98 Å². The summed E-state index contributed by atoms with van der Waals surface area (Å²) in [6.07, 6.45) is 4.61. The van der Waals surface area contributed by atoms with Crippen molar-refractivity contribution < 1.29 is 13.9 Å². The van der Waals surface area contributed by atoms with E-state index in [9.17, 15) is 4.79 Å². The van der Waals surface area contributed by atoms with Gasteiger partial charge in [0.25, 0.3) is 0 Å². The van der Waals surface area contributed by atoms with Crippen molar-refractivity contribution in [3.05, 3.63) is 41.3 Å². The molecule has 0 bridgehead atoms. The molecule has 1 aliphatic heterocycles. The number of carbonyl (C=O) groups is 1. The minimum absolute atomic E-state index is 0.0711. The molecule has 1 aromatic heterocycles.